The van der Waals surface area contributed by atoms with Gasteiger partial charge in [-0.05, 0) is 57.4 Å². The second-order valence-corrected chi connectivity index (χ2v) is 17.8. The van der Waals surface area contributed by atoms with Gasteiger partial charge < -0.3 is 20.7 Å². The third-order valence-corrected chi connectivity index (χ3v) is 12.7. The summed E-state index contributed by atoms with van der Waals surface area (Å²) >= 11 is 0. The van der Waals surface area contributed by atoms with Crippen molar-refractivity contribution in [1.29, 1.82) is 0 Å². The molecule has 1 aromatic heterocycles. The van der Waals surface area contributed by atoms with Crippen molar-refractivity contribution in [1.82, 2.24) is 20.6 Å². The molecule has 0 aliphatic heterocycles. The number of nitrogens with one attached hydrogen (secondary N) is 3. The molecular weight excluding hydrogens is 600 g/mol. The highest BCUT2D eigenvalue weighted by Crippen LogP contribution is 2.31. The maximum atomic E-state index is 14.4. The van der Waals surface area contributed by atoms with Crippen LogP contribution in [-0.2, 0) is 31.3 Å². The van der Waals surface area contributed by atoms with Crippen LogP contribution in [-0.4, -0.2) is 64.0 Å². The number of benzene rings is 1. The van der Waals surface area contributed by atoms with Crippen molar-refractivity contribution >= 4 is 21.7 Å². The molecule has 5 atom stereocenters. The largest absolute Gasteiger partial charge is 0.393 e. The summed E-state index contributed by atoms with van der Waals surface area (Å²) < 4.78 is 25.7. The summed E-state index contributed by atoms with van der Waals surface area (Å²) in [6.07, 6.45) is 10.7. The molecule has 2 aromatic rings. The number of aliphatic hydroxyl groups excluding tert-OH is 1. The standard InChI is InChI=1S/C36H58N4O5S/c1-8-25(2)30(41)21-29(20-27-17-13-10-14-18-27)39-34(43)32(36(6,7)31-22-37-24-38-31)40-33(42)28(19-26-15-11-9-12-16-26)23-46(44,45)35(3,4)5/h9,11-12,15-16,22,24-25,27-30,32,41H,8,10,13-14,17-21,23H2,1-7H3,(H,37,38)(H,39,43)(H,40,42)/t25?,28-,29?,30-,32-/m1/s1. The number of rotatable bonds is 16. The van der Waals surface area contributed by atoms with Gasteiger partial charge in [-0.2, -0.15) is 0 Å². The Hall–Kier alpha value is -2.72. The van der Waals surface area contributed by atoms with E-state index >= 15 is 0 Å². The smallest absolute Gasteiger partial charge is 0.243 e. The van der Waals surface area contributed by atoms with E-state index < -0.39 is 44.0 Å². The first-order valence-electron chi connectivity index (χ1n) is 17.1. The maximum Gasteiger partial charge on any atom is 0.243 e. The summed E-state index contributed by atoms with van der Waals surface area (Å²) in [6, 6.07) is 8.03. The summed E-state index contributed by atoms with van der Waals surface area (Å²) in [7, 11) is -3.66. The summed E-state index contributed by atoms with van der Waals surface area (Å²) in [5.41, 5.74) is 0.495. The number of nitrogens with zero attached hydrogens (tertiary/aromatic N) is 1. The number of aromatic amines is 1. The van der Waals surface area contributed by atoms with Gasteiger partial charge in [-0.1, -0.05) is 96.6 Å². The van der Waals surface area contributed by atoms with Crippen LogP contribution in [0.2, 0.25) is 0 Å². The van der Waals surface area contributed by atoms with Crippen LogP contribution in [0.3, 0.4) is 0 Å². The second kappa shape index (κ2) is 16.4. The first kappa shape index (κ1) is 37.7. The molecule has 0 bridgehead atoms. The fourth-order valence-electron chi connectivity index (χ4n) is 6.35. The predicted octanol–water partition coefficient (Wildman–Crippen LogP) is 5.50. The predicted molar refractivity (Wildman–Crippen MR) is 184 cm³/mol. The Labute approximate surface area is 277 Å². The molecule has 9 nitrogen and oxygen atoms in total. The van der Waals surface area contributed by atoms with Crippen molar-refractivity contribution < 1.29 is 23.1 Å². The topological polar surface area (TPSA) is 141 Å². The number of sulfone groups is 1. The molecule has 1 aliphatic carbocycles. The molecule has 258 valence electrons. The van der Waals surface area contributed by atoms with E-state index in [1.807, 2.05) is 58.0 Å². The Morgan fingerprint density at radius 3 is 2.24 bits per heavy atom. The van der Waals surface area contributed by atoms with E-state index in [-0.39, 0.29) is 30.0 Å². The van der Waals surface area contributed by atoms with Gasteiger partial charge in [-0.3, -0.25) is 9.59 Å². The molecular formula is C36H58N4O5S. The highest BCUT2D eigenvalue weighted by Gasteiger charge is 2.42. The lowest BCUT2D eigenvalue weighted by Gasteiger charge is -2.36. The van der Waals surface area contributed by atoms with Crippen molar-refractivity contribution in [2.45, 2.75) is 135 Å². The fraction of sp³-hybridized carbons (Fsp3) is 0.694. The Bertz CT molecular complexity index is 1330. The Morgan fingerprint density at radius 1 is 1.02 bits per heavy atom. The number of aliphatic hydroxyl groups is 1. The number of carbonyl (C=O) groups is 2. The normalized spacial score (nSPS) is 18.3. The summed E-state index contributed by atoms with van der Waals surface area (Å²) in [5.74, 6) is -1.57. The molecule has 2 unspecified atom stereocenters. The lowest BCUT2D eigenvalue weighted by atomic mass is 9.79. The van der Waals surface area contributed by atoms with E-state index in [1.165, 1.54) is 25.6 Å². The lowest BCUT2D eigenvalue weighted by molar-refractivity contribution is -0.133. The van der Waals surface area contributed by atoms with Crippen LogP contribution in [0.15, 0.2) is 42.9 Å². The summed E-state index contributed by atoms with van der Waals surface area (Å²) in [6.45, 7) is 12.7. The molecule has 1 heterocycles. The van der Waals surface area contributed by atoms with Crippen molar-refractivity contribution in [3.63, 3.8) is 0 Å². The van der Waals surface area contributed by atoms with Gasteiger partial charge in [0.05, 0.1) is 34.5 Å². The number of hydrogen-bond acceptors (Lipinski definition) is 6. The Kier molecular flexibility index (Phi) is 13.5. The average molecular weight is 659 g/mol. The molecule has 46 heavy (non-hydrogen) atoms. The first-order chi connectivity index (χ1) is 21.5. The van der Waals surface area contributed by atoms with Crippen LogP contribution in [0, 0.1) is 17.8 Å². The number of amides is 2. The van der Waals surface area contributed by atoms with Gasteiger partial charge in [-0.25, -0.2) is 13.4 Å². The molecule has 1 fully saturated rings. The van der Waals surface area contributed by atoms with E-state index in [0.29, 0.717) is 18.0 Å². The monoisotopic (exact) mass is 658 g/mol. The van der Waals surface area contributed by atoms with E-state index in [9.17, 15) is 23.1 Å². The molecule has 0 saturated heterocycles. The molecule has 4 N–H and O–H groups in total. The Morgan fingerprint density at radius 2 is 1.67 bits per heavy atom. The van der Waals surface area contributed by atoms with Crippen LogP contribution in [0.25, 0.3) is 0 Å². The third-order valence-electron chi connectivity index (χ3n) is 9.99. The van der Waals surface area contributed by atoms with Gasteiger partial charge in [0, 0.05) is 17.7 Å². The van der Waals surface area contributed by atoms with Crippen LogP contribution < -0.4 is 10.6 Å². The highest BCUT2D eigenvalue weighted by molar-refractivity contribution is 7.92. The number of carbonyl (C=O) groups excluding carboxylic acids is 2. The zero-order chi connectivity index (χ0) is 34.1. The molecule has 10 heteroatoms. The van der Waals surface area contributed by atoms with Crippen LogP contribution in [0.4, 0.5) is 0 Å². The Balaban J connectivity index is 1.95. The summed E-state index contributed by atoms with van der Waals surface area (Å²) in [4.78, 5) is 35.9. The second-order valence-electron chi connectivity index (χ2n) is 15.0. The van der Waals surface area contributed by atoms with Crippen molar-refractivity contribution in [3.05, 3.63) is 54.1 Å². The van der Waals surface area contributed by atoms with Gasteiger partial charge in [0.1, 0.15) is 6.04 Å². The van der Waals surface area contributed by atoms with Gasteiger partial charge in [-0.15, -0.1) is 0 Å². The first-order valence-corrected chi connectivity index (χ1v) is 18.7. The van der Waals surface area contributed by atoms with Crippen LogP contribution in [0.1, 0.15) is 111 Å². The number of imidazole rings is 1. The minimum absolute atomic E-state index is 0.0882. The third kappa shape index (κ3) is 10.4. The fourth-order valence-corrected chi connectivity index (χ4v) is 7.65. The molecule has 0 radical (unpaired) electrons. The van der Waals surface area contributed by atoms with Gasteiger partial charge in [0.2, 0.25) is 11.8 Å². The molecule has 0 spiro atoms. The molecule has 2 amide bonds. The van der Waals surface area contributed by atoms with Gasteiger partial charge in [0.15, 0.2) is 9.84 Å². The SMILES string of the molecule is CCC(C)[C@H](O)CC(CC1CCCCC1)NC(=O)[C@@H](NC(=O)[C@H](Cc1ccccc1)CS(=O)(=O)C(C)(C)C)C(C)(C)c1c[nH]cn1. The van der Waals surface area contributed by atoms with Crippen molar-refractivity contribution in [2.75, 3.05) is 5.75 Å². The molecule has 1 aromatic carbocycles. The quantitative estimate of drug-likeness (QED) is 0.188. The number of hydrogen-bond donors (Lipinski definition) is 4. The highest BCUT2D eigenvalue weighted by atomic mass is 32.2. The minimum atomic E-state index is -3.66. The summed E-state index contributed by atoms with van der Waals surface area (Å²) in [5, 5.41) is 17.3. The van der Waals surface area contributed by atoms with Gasteiger partial charge in [0.25, 0.3) is 0 Å². The van der Waals surface area contributed by atoms with Crippen molar-refractivity contribution in [3.8, 4) is 0 Å². The van der Waals surface area contributed by atoms with E-state index in [0.717, 1.165) is 31.2 Å². The van der Waals surface area contributed by atoms with E-state index in [4.69, 9.17) is 0 Å². The van der Waals surface area contributed by atoms with E-state index in [1.54, 1.807) is 27.0 Å². The van der Waals surface area contributed by atoms with Crippen LogP contribution in [0.5, 0.6) is 0 Å². The van der Waals surface area contributed by atoms with Crippen molar-refractivity contribution in [2.24, 2.45) is 17.8 Å². The number of H-pyrrole nitrogens is 1. The molecule has 3 rings (SSSR count). The lowest BCUT2D eigenvalue weighted by Crippen LogP contribution is -2.59. The van der Waals surface area contributed by atoms with Gasteiger partial charge >= 0.3 is 0 Å². The van der Waals surface area contributed by atoms with Crippen LogP contribution >= 0.6 is 0 Å². The molecule has 1 aliphatic rings. The average Bonchev–Trinajstić information content (AvgIpc) is 3.55. The maximum absolute atomic E-state index is 14.4. The zero-order valence-electron chi connectivity index (χ0n) is 29.0. The minimum Gasteiger partial charge on any atom is -0.393 e. The zero-order valence-corrected chi connectivity index (χ0v) is 29.8. The number of aromatic nitrogens is 2. The molecule has 1 saturated carbocycles. The van der Waals surface area contributed by atoms with E-state index in [2.05, 4.69) is 20.6 Å².